The molecule has 0 radical (unpaired) electrons. The molecule has 2 aromatic rings. The van der Waals surface area contributed by atoms with Gasteiger partial charge in [-0.15, -0.1) is 0 Å². The molecule has 108 valence electrons. The topological polar surface area (TPSA) is 101 Å². The number of hydrogen-bond donors (Lipinski definition) is 2. The van der Waals surface area contributed by atoms with Crippen molar-refractivity contribution in [2.75, 3.05) is 12.4 Å². The summed E-state index contributed by atoms with van der Waals surface area (Å²) in [6, 6.07) is 2.92. The van der Waals surface area contributed by atoms with Crippen LogP contribution in [0.5, 0.6) is 0 Å². The number of furan rings is 1. The highest BCUT2D eigenvalue weighted by molar-refractivity contribution is 7.89. The number of aryl methyl sites for hydroxylation is 2. The zero-order valence-electron chi connectivity index (χ0n) is 11.1. The maximum Gasteiger partial charge on any atom is 0.273 e. The Morgan fingerprint density at radius 1 is 1.35 bits per heavy atom. The Bertz CT molecular complexity index is 746. The summed E-state index contributed by atoms with van der Waals surface area (Å²) in [4.78, 5) is 12.1. The SMILES string of the molecule is CNS(=O)(=O)c1cc(C(=O)Nc2cc(C)ns2)c(C)o1. The van der Waals surface area contributed by atoms with Gasteiger partial charge in [0.15, 0.2) is 0 Å². The second-order valence-electron chi connectivity index (χ2n) is 4.03. The molecule has 9 heteroatoms. The third-order valence-electron chi connectivity index (χ3n) is 2.54. The minimum absolute atomic E-state index is 0.171. The highest BCUT2D eigenvalue weighted by atomic mass is 32.2. The molecule has 20 heavy (non-hydrogen) atoms. The molecule has 0 fully saturated rings. The zero-order valence-corrected chi connectivity index (χ0v) is 12.7. The summed E-state index contributed by atoms with van der Waals surface area (Å²) in [6.07, 6.45) is 0. The summed E-state index contributed by atoms with van der Waals surface area (Å²) in [5.41, 5.74) is 0.970. The summed E-state index contributed by atoms with van der Waals surface area (Å²) in [5, 5.41) is 2.94. The van der Waals surface area contributed by atoms with Gasteiger partial charge in [0.25, 0.3) is 15.9 Å². The van der Waals surface area contributed by atoms with Crippen LogP contribution < -0.4 is 10.0 Å². The number of rotatable bonds is 4. The standard InChI is InChI=1S/C11H13N3O4S2/c1-6-4-9(19-14-6)13-11(15)8-5-10(18-7(8)2)20(16,17)12-3/h4-5,12H,1-3H3,(H,13,15). The first kappa shape index (κ1) is 14.7. The summed E-state index contributed by atoms with van der Waals surface area (Å²) in [7, 11) is -2.44. The number of hydrogen-bond acceptors (Lipinski definition) is 6. The van der Waals surface area contributed by atoms with Gasteiger partial charge in [0, 0.05) is 6.07 Å². The van der Waals surface area contributed by atoms with E-state index >= 15 is 0 Å². The quantitative estimate of drug-likeness (QED) is 0.890. The largest absolute Gasteiger partial charge is 0.448 e. The zero-order chi connectivity index (χ0) is 14.9. The highest BCUT2D eigenvalue weighted by Crippen LogP contribution is 2.22. The molecule has 0 bridgehead atoms. The van der Waals surface area contributed by atoms with E-state index in [2.05, 4.69) is 14.4 Å². The van der Waals surface area contributed by atoms with Crippen molar-refractivity contribution in [3.8, 4) is 0 Å². The summed E-state index contributed by atoms with van der Waals surface area (Å²) >= 11 is 1.15. The molecule has 0 aromatic carbocycles. The molecule has 0 saturated heterocycles. The van der Waals surface area contributed by atoms with Crippen LogP contribution in [0.25, 0.3) is 0 Å². The highest BCUT2D eigenvalue weighted by Gasteiger charge is 2.22. The predicted molar refractivity (Wildman–Crippen MR) is 74.5 cm³/mol. The van der Waals surface area contributed by atoms with E-state index in [-0.39, 0.29) is 16.4 Å². The van der Waals surface area contributed by atoms with E-state index in [1.165, 1.54) is 20.0 Å². The Morgan fingerprint density at radius 3 is 2.60 bits per heavy atom. The second kappa shape index (κ2) is 5.35. The van der Waals surface area contributed by atoms with Gasteiger partial charge in [0.05, 0.1) is 11.3 Å². The van der Waals surface area contributed by atoms with E-state index in [1.807, 2.05) is 6.92 Å². The van der Waals surface area contributed by atoms with Crippen molar-refractivity contribution in [1.29, 1.82) is 0 Å². The molecular formula is C11H13N3O4S2. The molecule has 7 nitrogen and oxygen atoms in total. The first-order chi connectivity index (χ1) is 9.33. The van der Waals surface area contributed by atoms with E-state index in [1.54, 1.807) is 6.07 Å². The number of carbonyl (C=O) groups excluding carboxylic acids is 1. The third-order valence-corrected chi connectivity index (χ3v) is 4.60. The second-order valence-corrected chi connectivity index (χ2v) is 6.65. The predicted octanol–water partition coefficient (Wildman–Crippen LogP) is 1.51. The van der Waals surface area contributed by atoms with Gasteiger partial charge in [0.2, 0.25) is 5.09 Å². The lowest BCUT2D eigenvalue weighted by molar-refractivity contribution is 0.102. The Hall–Kier alpha value is -1.71. The molecule has 2 N–H and O–H groups in total. The minimum atomic E-state index is -3.71. The molecule has 0 unspecified atom stereocenters. The Kier molecular flexibility index (Phi) is 3.93. The maximum absolute atomic E-state index is 12.1. The van der Waals surface area contributed by atoms with Gasteiger partial charge >= 0.3 is 0 Å². The number of carbonyl (C=O) groups is 1. The Morgan fingerprint density at radius 2 is 2.05 bits per heavy atom. The van der Waals surface area contributed by atoms with Crippen molar-refractivity contribution in [3.63, 3.8) is 0 Å². The van der Waals surface area contributed by atoms with Crippen LogP contribution in [-0.2, 0) is 10.0 Å². The van der Waals surface area contributed by atoms with Crippen molar-refractivity contribution in [1.82, 2.24) is 9.10 Å². The fourth-order valence-corrected chi connectivity index (χ4v) is 2.88. The van der Waals surface area contributed by atoms with Gasteiger partial charge in [-0.25, -0.2) is 13.1 Å². The fourth-order valence-electron chi connectivity index (χ4n) is 1.51. The lowest BCUT2D eigenvalue weighted by Crippen LogP contribution is -2.18. The first-order valence-electron chi connectivity index (χ1n) is 5.62. The molecule has 1 amide bonds. The van der Waals surface area contributed by atoms with E-state index in [0.717, 1.165) is 17.2 Å². The van der Waals surface area contributed by atoms with Crippen LogP contribution in [0.2, 0.25) is 0 Å². The van der Waals surface area contributed by atoms with E-state index in [9.17, 15) is 13.2 Å². The van der Waals surface area contributed by atoms with Crippen molar-refractivity contribution in [2.45, 2.75) is 18.9 Å². The van der Waals surface area contributed by atoms with Gasteiger partial charge in [-0.3, -0.25) is 4.79 Å². The van der Waals surface area contributed by atoms with Crippen molar-refractivity contribution in [2.24, 2.45) is 0 Å². The van der Waals surface area contributed by atoms with Crippen molar-refractivity contribution < 1.29 is 17.6 Å². The number of amides is 1. The molecular weight excluding hydrogens is 302 g/mol. The molecule has 2 rings (SSSR count). The van der Waals surface area contributed by atoms with Crippen molar-refractivity contribution >= 4 is 32.5 Å². The average Bonchev–Trinajstić information content (AvgIpc) is 2.96. The Balaban J connectivity index is 2.27. The molecule has 2 heterocycles. The lowest BCUT2D eigenvalue weighted by Gasteiger charge is -1.99. The summed E-state index contributed by atoms with van der Waals surface area (Å²) < 4.78 is 34.5. The molecule has 0 atom stereocenters. The molecule has 0 aliphatic heterocycles. The number of nitrogens with one attached hydrogen (secondary N) is 2. The van der Waals surface area contributed by atoms with Crippen molar-refractivity contribution in [3.05, 3.63) is 29.2 Å². The average molecular weight is 315 g/mol. The smallest absolute Gasteiger partial charge is 0.273 e. The molecule has 0 spiro atoms. The number of aromatic nitrogens is 1. The minimum Gasteiger partial charge on any atom is -0.448 e. The van der Waals surface area contributed by atoms with Crippen LogP contribution in [0.1, 0.15) is 21.8 Å². The molecule has 0 aliphatic rings. The van der Waals surface area contributed by atoms with Crippen LogP contribution in [0.15, 0.2) is 21.6 Å². The normalized spacial score (nSPS) is 11.6. The van der Waals surface area contributed by atoms with Crippen LogP contribution >= 0.6 is 11.5 Å². The number of anilines is 1. The summed E-state index contributed by atoms with van der Waals surface area (Å²) in [6.45, 7) is 3.34. The van der Waals surface area contributed by atoms with Crippen LogP contribution in [0.3, 0.4) is 0 Å². The molecule has 0 saturated carbocycles. The van der Waals surface area contributed by atoms with Gasteiger partial charge < -0.3 is 9.73 Å². The van der Waals surface area contributed by atoms with E-state index < -0.39 is 15.9 Å². The monoisotopic (exact) mass is 315 g/mol. The first-order valence-corrected chi connectivity index (χ1v) is 7.88. The molecule has 0 aliphatic carbocycles. The fraction of sp³-hybridized carbons (Fsp3) is 0.273. The van der Waals surface area contributed by atoms with Gasteiger partial charge in [-0.2, -0.15) is 4.37 Å². The maximum atomic E-state index is 12.1. The lowest BCUT2D eigenvalue weighted by atomic mass is 10.2. The van der Waals surface area contributed by atoms with E-state index in [0.29, 0.717) is 5.00 Å². The van der Waals surface area contributed by atoms with Gasteiger partial charge in [0.1, 0.15) is 10.8 Å². The van der Waals surface area contributed by atoms with Crippen LogP contribution in [0, 0.1) is 13.8 Å². The third kappa shape index (κ3) is 2.89. The summed E-state index contributed by atoms with van der Waals surface area (Å²) in [5.74, 6) is -0.204. The Labute approximate surface area is 120 Å². The molecule has 2 aromatic heterocycles. The van der Waals surface area contributed by atoms with Crippen LogP contribution in [0.4, 0.5) is 5.00 Å². The van der Waals surface area contributed by atoms with E-state index in [4.69, 9.17) is 4.42 Å². The van der Waals surface area contributed by atoms with Crippen LogP contribution in [-0.4, -0.2) is 25.7 Å². The number of nitrogens with zero attached hydrogens (tertiary/aromatic N) is 1. The number of sulfonamides is 1. The van der Waals surface area contributed by atoms with Gasteiger partial charge in [-0.05, 0) is 38.5 Å². The van der Waals surface area contributed by atoms with Gasteiger partial charge in [-0.1, -0.05) is 0 Å².